The molecule has 0 bridgehead atoms. The number of hydrogen-bond donors (Lipinski definition) is 1. The van der Waals surface area contributed by atoms with E-state index in [0.717, 1.165) is 37.0 Å². The van der Waals surface area contributed by atoms with E-state index in [1.807, 2.05) is 13.0 Å². The number of carbonyl (C=O) groups is 1. The Morgan fingerprint density at radius 3 is 2.50 bits per heavy atom. The average molecular weight is 415 g/mol. The second kappa shape index (κ2) is 8.73. The van der Waals surface area contributed by atoms with Crippen molar-refractivity contribution < 1.29 is 18.0 Å². The van der Waals surface area contributed by atoms with E-state index in [0.29, 0.717) is 11.3 Å². The van der Waals surface area contributed by atoms with Crippen LogP contribution in [-0.2, 0) is 12.6 Å². The number of amides is 1. The minimum atomic E-state index is -4.54. The fraction of sp³-hybridized carbons (Fsp3) is 0.304. The van der Waals surface area contributed by atoms with Crippen molar-refractivity contribution in [3.8, 4) is 5.69 Å². The third kappa shape index (κ3) is 5.09. The smallest absolute Gasteiger partial charge is 0.322 e. The van der Waals surface area contributed by atoms with Crippen molar-refractivity contribution in [2.24, 2.45) is 0 Å². The molecule has 30 heavy (non-hydrogen) atoms. The van der Waals surface area contributed by atoms with Crippen molar-refractivity contribution in [2.75, 3.05) is 5.32 Å². The van der Waals surface area contributed by atoms with Gasteiger partial charge < -0.3 is 9.88 Å². The predicted octanol–water partition coefficient (Wildman–Crippen LogP) is 6.10. The third-order valence-electron chi connectivity index (χ3n) is 4.92. The molecule has 0 aliphatic heterocycles. The van der Waals surface area contributed by atoms with Crippen LogP contribution >= 0.6 is 0 Å². The maximum Gasteiger partial charge on any atom is 0.416 e. The molecule has 1 amide bonds. The fourth-order valence-electron chi connectivity index (χ4n) is 3.25. The SMILES string of the molecule is CCCCc1ccc(C(=O)Nc2cc(-n3cnc(C)c3)cc(C(F)(F)F)c2)cc1C. The van der Waals surface area contributed by atoms with Gasteiger partial charge in [0.25, 0.3) is 5.91 Å². The van der Waals surface area contributed by atoms with Crippen LogP contribution in [0.25, 0.3) is 5.69 Å². The number of aromatic nitrogens is 2. The Morgan fingerprint density at radius 1 is 1.13 bits per heavy atom. The van der Waals surface area contributed by atoms with Gasteiger partial charge in [0, 0.05) is 23.1 Å². The lowest BCUT2D eigenvalue weighted by Crippen LogP contribution is -2.14. The molecule has 0 radical (unpaired) electrons. The van der Waals surface area contributed by atoms with Crippen LogP contribution in [0.1, 0.15) is 52.5 Å². The molecule has 0 spiro atoms. The summed E-state index contributed by atoms with van der Waals surface area (Å²) in [4.78, 5) is 16.7. The number of imidazole rings is 1. The quantitative estimate of drug-likeness (QED) is 0.529. The van der Waals surface area contributed by atoms with Crippen molar-refractivity contribution in [3.63, 3.8) is 0 Å². The van der Waals surface area contributed by atoms with Gasteiger partial charge in [-0.05, 0) is 68.1 Å². The third-order valence-corrected chi connectivity index (χ3v) is 4.92. The van der Waals surface area contributed by atoms with Crippen LogP contribution in [0.4, 0.5) is 18.9 Å². The number of aryl methyl sites for hydroxylation is 3. The Hall–Kier alpha value is -3.09. The molecule has 0 aliphatic rings. The number of halogens is 3. The second-order valence-corrected chi connectivity index (χ2v) is 7.39. The van der Waals surface area contributed by atoms with Crippen LogP contribution in [0.3, 0.4) is 0 Å². The minimum absolute atomic E-state index is 0.0730. The molecule has 7 heteroatoms. The Bertz CT molecular complexity index is 1050. The van der Waals surface area contributed by atoms with Gasteiger partial charge >= 0.3 is 6.18 Å². The largest absolute Gasteiger partial charge is 0.416 e. The maximum absolute atomic E-state index is 13.4. The molecule has 0 atom stereocenters. The Kier molecular flexibility index (Phi) is 6.29. The lowest BCUT2D eigenvalue weighted by molar-refractivity contribution is -0.137. The molecule has 3 rings (SSSR count). The van der Waals surface area contributed by atoms with Crippen molar-refractivity contribution >= 4 is 11.6 Å². The number of carbonyl (C=O) groups excluding carboxylic acids is 1. The summed E-state index contributed by atoms with van der Waals surface area (Å²) in [7, 11) is 0. The molecule has 1 N–H and O–H groups in total. The van der Waals surface area contributed by atoms with Crippen LogP contribution < -0.4 is 5.32 Å². The molecular formula is C23H24F3N3O. The molecule has 0 aliphatic carbocycles. The average Bonchev–Trinajstić information content (AvgIpc) is 3.12. The normalized spacial score (nSPS) is 11.5. The van der Waals surface area contributed by atoms with Gasteiger partial charge in [0.05, 0.1) is 17.6 Å². The lowest BCUT2D eigenvalue weighted by atomic mass is 10.00. The van der Waals surface area contributed by atoms with E-state index >= 15 is 0 Å². The number of nitrogens with one attached hydrogen (secondary N) is 1. The molecule has 3 aromatic rings. The topological polar surface area (TPSA) is 46.9 Å². The Labute approximate surface area is 173 Å². The zero-order valence-corrected chi connectivity index (χ0v) is 17.2. The monoisotopic (exact) mass is 415 g/mol. The van der Waals surface area contributed by atoms with Crippen LogP contribution in [0.2, 0.25) is 0 Å². The molecule has 0 saturated heterocycles. The van der Waals surface area contributed by atoms with E-state index < -0.39 is 17.6 Å². The highest BCUT2D eigenvalue weighted by atomic mass is 19.4. The number of hydrogen-bond acceptors (Lipinski definition) is 2. The number of unbranched alkanes of at least 4 members (excludes halogenated alkanes) is 1. The van der Waals surface area contributed by atoms with Crippen molar-refractivity contribution in [3.05, 3.63) is 76.9 Å². The Balaban J connectivity index is 1.90. The number of alkyl halides is 3. The Morgan fingerprint density at radius 2 is 1.90 bits per heavy atom. The highest BCUT2D eigenvalue weighted by molar-refractivity contribution is 6.04. The van der Waals surface area contributed by atoms with Gasteiger partial charge in [0.15, 0.2) is 0 Å². The number of benzene rings is 2. The van der Waals surface area contributed by atoms with Crippen LogP contribution in [0.5, 0.6) is 0 Å². The summed E-state index contributed by atoms with van der Waals surface area (Å²) in [5, 5.41) is 2.60. The number of nitrogens with zero attached hydrogens (tertiary/aromatic N) is 2. The van der Waals surface area contributed by atoms with Gasteiger partial charge in [-0.15, -0.1) is 0 Å². The molecule has 1 heterocycles. The highest BCUT2D eigenvalue weighted by Crippen LogP contribution is 2.33. The standard InChI is InChI=1S/C23H24F3N3O/c1-4-5-6-17-7-8-18(9-15(17)2)22(30)28-20-10-19(23(24,25)26)11-21(12-20)29-13-16(3)27-14-29/h7-14H,4-6H2,1-3H3,(H,28,30). The summed E-state index contributed by atoms with van der Waals surface area (Å²) in [6.45, 7) is 5.80. The van der Waals surface area contributed by atoms with Gasteiger partial charge in [0.1, 0.15) is 0 Å². The first-order chi connectivity index (χ1) is 14.2. The summed E-state index contributed by atoms with van der Waals surface area (Å²) >= 11 is 0. The van der Waals surface area contributed by atoms with Gasteiger partial charge in [-0.1, -0.05) is 19.4 Å². The summed E-state index contributed by atoms with van der Waals surface area (Å²) in [5.74, 6) is -0.452. The lowest BCUT2D eigenvalue weighted by Gasteiger charge is -2.14. The molecule has 0 saturated carbocycles. The molecule has 1 aromatic heterocycles. The summed E-state index contributed by atoms with van der Waals surface area (Å²) in [6.07, 6.45) is 1.60. The summed E-state index contributed by atoms with van der Waals surface area (Å²) in [6, 6.07) is 8.86. The van der Waals surface area contributed by atoms with Gasteiger partial charge in [-0.25, -0.2) is 4.98 Å². The molecule has 158 valence electrons. The first-order valence-corrected chi connectivity index (χ1v) is 9.81. The molecule has 4 nitrogen and oxygen atoms in total. The summed E-state index contributed by atoms with van der Waals surface area (Å²) in [5.41, 5.74) is 2.75. The van der Waals surface area contributed by atoms with E-state index in [9.17, 15) is 18.0 Å². The van der Waals surface area contributed by atoms with Gasteiger partial charge in [-0.2, -0.15) is 13.2 Å². The van der Waals surface area contributed by atoms with Crippen LogP contribution in [-0.4, -0.2) is 15.5 Å². The first kappa shape index (κ1) is 21.6. The van der Waals surface area contributed by atoms with Crippen LogP contribution in [0.15, 0.2) is 48.9 Å². The van der Waals surface area contributed by atoms with E-state index in [1.165, 1.54) is 22.5 Å². The van der Waals surface area contributed by atoms with Crippen molar-refractivity contribution in [1.82, 2.24) is 9.55 Å². The van der Waals surface area contributed by atoms with E-state index in [1.54, 1.807) is 25.3 Å². The minimum Gasteiger partial charge on any atom is -0.322 e. The number of rotatable bonds is 6. The highest BCUT2D eigenvalue weighted by Gasteiger charge is 2.31. The first-order valence-electron chi connectivity index (χ1n) is 9.81. The molecular weight excluding hydrogens is 391 g/mol. The second-order valence-electron chi connectivity index (χ2n) is 7.39. The molecule has 0 unspecified atom stereocenters. The fourth-order valence-corrected chi connectivity index (χ4v) is 3.25. The van der Waals surface area contributed by atoms with Crippen molar-refractivity contribution in [1.29, 1.82) is 0 Å². The van der Waals surface area contributed by atoms with Gasteiger partial charge in [-0.3, -0.25) is 4.79 Å². The van der Waals surface area contributed by atoms with E-state index in [-0.39, 0.29) is 11.4 Å². The zero-order chi connectivity index (χ0) is 21.9. The maximum atomic E-state index is 13.4. The van der Waals surface area contributed by atoms with E-state index in [2.05, 4.69) is 17.2 Å². The van der Waals surface area contributed by atoms with Crippen molar-refractivity contribution in [2.45, 2.75) is 46.2 Å². The van der Waals surface area contributed by atoms with Crippen LogP contribution in [0, 0.1) is 13.8 Å². The molecule has 0 fully saturated rings. The number of anilines is 1. The summed E-state index contributed by atoms with van der Waals surface area (Å²) < 4.78 is 41.7. The van der Waals surface area contributed by atoms with E-state index in [4.69, 9.17) is 0 Å². The molecule has 2 aromatic carbocycles. The zero-order valence-electron chi connectivity index (χ0n) is 17.2. The van der Waals surface area contributed by atoms with Gasteiger partial charge in [0.2, 0.25) is 0 Å². The predicted molar refractivity (Wildman–Crippen MR) is 111 cm³/mol.